The van der Waals surface area contributed by atoms with Gasteiger partial charge < -0.3 is 4.98 Å². The first-order valence-electron chi connectivity index (χ1n) is 4.34. The number of aromatic nitrogens is 2. The van der Waals surface area contributed by atoms with Crippen molar-refractivity contribution in [3.63, 3.8) is 0 Å². The molecule has 2 rings (SSSR count). The first kappa shape index (κ1) is 9.56. The van der Waals surface area contributed by atoms with E-state index in [1.807, 2.05) is 12.1 Å². The lowest BCUT2D eigenvalue weighted by atomic mass is 10.1. The van der Waals surface area contributed by atoms with Gasteiger partial charge in [-0.2, -0.15) is 5.26 Å². The van der Waals surface area contributed by atoms with E-state index in [0.717, 1.165) is 11.1 Å². The van der Waals surface area contributed by atoms with E-state index in [1.165, 1.54) is 0 Å². The van der Waals surface area contributed by atoms with E-state index >= 15 is 0 Å². The highest BCUT2D eigenvalue weighted by Crippen LogP contribution is 2.19. The highest BCUT2D eigenvalue weighted by atomic mass is 32.1. The van der Waals surface area contributed by atoms with E-state index in [9.17, 15) is 0 Å². The van der Waals surface area contributed by atoms with Crippen molar-refractivity contribution < 1.29 is 0 Å². The SMILES string of the molecule is N#Cc1cccc(-c2cnc[nH]c2=S)c1. The summed E-state index contributed by atoms with van der Waals surface area (Å²) in [6.07, 6.45) is 3.23. The Morgan fingerprint density at radius 1 is 1.40 bits per heavy atom. The van der Waals surface area contributed by atoms with E-state index in [4.69, 9.17) is 17.5 Å². The molecule has 72 valence electrons. The molecule has 0 saturated carbocycles. The minimum absolute atomic E-state index is 0.616. The number of nitriles is 1. The number of nitrogens with one attached hydrogen (secondary N) is 1. The van der Waals surface area contributed by atoms with Crippen molar-refractivity contribution in [1.82, 2.24) is 9.97 Å². The van der Waals surface area contributed by atoms with Crippen LogP contribution in [0.15, 0.2) is 36.8 Å². The van der Waals surface area contributed by atoms with Gasteiger partial charge in [0.1, 0.15) is 4.64 Å². The summed E-state index contributed by atoms with van der Waals surface area (Å²) in [5.41, 5.74) is 2.36. The van der Waals surface area contributed by atoms with Crippen LogP contribution in [-0.4, -0.2) is 9.97 Å². The molecule has 0 radical (unpaired) electrons. The smallest absolute Gasteiger partial charge is 0.113 e. The zero-order valence-electron chi connectivity index (χ0n) is 7.77. The Bertz CT molecular complexity index is 581. The Kier molecular flexibility index (Phi) is 2.57. The third-order valence-corrected chi connectivity index (χ3v) is 2.36. The van der Waals surface area contributed by atoms with Crippen LogP contribution in [0.2, 0.25) is 0 Å². The van der Waals surface area contributed by atoms with Crippen molar-refractivity contribution >= 4 is 12.2 Å². The van der Waals surface area contributed by atoms with Gasteiger partial charge in [-0.15, -0.1) is 0 Å². The van der Waals surface area contributed by atoms with Gasteiger partial charge in [0.25, 0.3) is 0 Å². The Morgan fingerprint density at radius 2 is 2.27 bits per heavy atom. The molecule has 1 aromatic carbocycles. The Labute approximate surface area is 92.0 Å². The Balaban J connectivity index is 2.61. The summed E-state index contributed by atoms with van der Waals surface area (Å²) in [5.74, 6) is 0. The van der Waals surface area contributed by atoms with Crippen LogP contribution in [0.5, 0.6) is 0 Å². The number of aromatic amines is 1. The first-order valence-corrected chi connectivity index (χ1v) is 4.75. The van der Waals surface area contributed by atoms with Crippen LogP contribution >= 0.6 is 12.2 Å². The number of H-pyrrole nitrogens is 1. The third kappa shape index (κ3) is 1.92. The van der Waals surface area contributed by atoms with Crippen molar-refractivity contribution in [3.05, 3.63) is 47.0 Å². The summed E-state index contributed by atoms with van der Waals surface area (Å²) in [6, 6.07) is 9.37. The summed E-state index contributed by atoms with van der Waals surface area (Å²) in [5, 5.41) is 8.78. The van der Waals surface area contributed by atoms with Crippen molar-refractivity contribution in [2.75, 3.05) is 0 Å². The van der Waals surface area contributed by atoms with Crippen molar-refractivity contribution in [2.45, 2.75) is 0 Å². The molecule has 0 spiro atoms. The number of hydrogen-bond donors (Lipinski definition) is 1. The highest BCUT2D eigenvalue weighted by molar-refractivity contribution is 7.71. The lowest BCUT2D eigenvalue weighted by Crippen LogP contribution is -1.85. The molecule has 0 fully saturated rings. The number of nitrogens with zero attached hydrogens (tertiary/aromatic N) is 2. The van der Waals surface area contributed by atoms with Gasteiger partial charge in [0.05, 0.1) is 18.0 Å². The molecule has 2 aromatic rings. The lowest BCUT2D eigenvalue weighted by Gasteiger charge is -2.00. The molecule has 0 saturated heterocycles. The fraction of sp³-hybridized carbons (Fsp3) is 0. The summed E-state index contributed by atoms with van der Waals surface area (Å²) in [6.45, 7) is 0. The molecule has 1 heterocycles. The van der Waals surface area contributed by atoms with Gasteiger partial charge >= 0.3 is 0 Å². The van der Waals surface area contributed by atoms with E-state index in [0.29, 0.717) is 10.2 Å². The number of rotatable bonds is 1. The zero-order chi connectivity index (χ0) is 10.7. The van der Waals surface area contributed by atoms with E-state index in [1.54, 1.807) is 24.7 Å². The minimum atomic E-state index is 0.616. The molecular weight excluding hydrogens is 206 g/mol. The molecule has 0 atom stereocenters. The van der Waals surface area contributed by atoms with E-state index < -0.39 is 0 Å². The normalized spacial score (nSPS) is 9.53. The highest BCUT2D eigenvalue weighted by Gasteiger charge is 2.00. The third-order valence-electron chi connectivity index (χ3n) is 2.02. The lowest BCUT2D eigenvalue weighted by molar-refractivity contribution is 1.15. The maximum Gasteiger partial charge on any atom is 0.113 e. The molecule has 3 nitrogen and oxygen atoms in total. The van der Waals surface area contributed by atoms with Gasteiger partial charge in [-0.3, -0.25) is 0 Å². The van der Waals surface area contributed by atoms with Crippen molar-refractivity contribution in [1.29, 1.82) is 5.26 Å². The standard InChI is InChI=1S/C11H7N3S/c12-5-8-2-1-3-9(4-8)10-6-13-7-14-11(10)15/h1-4,6-7H,(H,13,14,15). The molecular formula is C11H7N3S. The molecule has 0 aliphatic rings. The summed E-state index contributed by atoms with van der Waals surface area (Å²) in [7, 11) is 0. The van der Waals surface area contributed by atoms with Crippen molar-refractivity contribution in [3.8, 4) is 17.2 Å². The van der Waals surface area contributed by atoms with Crippen LogP contribution in [0, 0.1) is 16.0 Å². The van der Waals surface area contributed by atoms with Gasteiger partial charge in [-0.25, -0.2) is 4.98 Å². The average Bonchev–Trinajstić information content (AvgIpc) is 2.30. The predicted octanol–water partition coefficient (Wildman–Crippen LogP) is 2.68. The molecule has 4 heteroatoms. The largest absolute Gasteiger partial charge is 0.337 e. The van der Waals surface area contributed by atoms with Crippen LogP contribution in [0.1, 0.15) is 5.56 Å². The number of benzene rings is 1. The molecule has 1 N–H and O–H groups in total. The minimum Gasteiger partial charge on any atom is -0.337 e. The summed E-state index contributed by atoms with van der Waals surface area (Å²) >= 11 is 5.14. The van der Waals surface area contributed by atoms with Gasteiger partial charge in [0.15, 0.2) is 0 Å². The van der Waals surface area contributed by atoms with Crippen LogP contribution in [-0.2, 0) is 0 Å². The molecule has 0 aliphatic heterocycles. The van der Waals surface area contributed by atoms with Crippen LogP contribution < -0.4 is 0 Å². The quantitative estimate of drug-likeness (QED) is 0.741. The number of hydrogen-bond acceptors (Lipinski definition) is 3. The second-order valence-electron chi connectivity index (χ2n) is 2.99. The van der Waals surface area contributed by atoms with Gasteiger partial charge in [-0.05, 0) is 17.7 Å². The molecule has 0 unspecified atom stereocenters. The van der Waals surface area contributed by atoms with E-state index in [2.05, 4.69) is 16.0 Å². The topological polar surface area (TPSA) is 52.5 Å². The van der Waals surface area contributed by atoms with Crippen LogP contribution in [0.3, 0.4) is 0 Å². The Hall–Kier alpha value is -1.99. The second-order valence-corrected chi connectivity index (χ2v) is 3.40. The monoisotopic (exact) mass is 213 g/mol. The maximum absolute atomic E-state index is 8.78. The molecule has 1 aromatic heterocycles. The van der Waals surface area contributed by atoms with E-state index in [-0.39, 0.29) is 0 Å². The van der Waals surface area contributed by atoms with Gasteiger partial charge in [0, 0.05) is 11.8 Å². The average molecular weight is 213 g/mol. The fourth-order valence-electron chi connectivity index (χ4n) is 1.31. The summed E-state index contributed by atoms with van der Waals surface area (Å²) in [4.78, 5) is 6.83. The molecule has 15 heavy (non-hydrogen) atoms. The van der Waals surface area contributed by atoms with Gasteiger partial charge in [0.2, 0.25) is 0 Å². The molecule has 0 bridgehead atoms. The van der Waals surface area contributed by atoms with Gasteiger partial charge in [-0.1, -0.05) is 24.4 Å². The molecule has 0 amide bonds. The predicted molar refractivity (Wildman–Crippen MR) is 59.6 cm³/mol. The molecule has 0 aliphatic carbocycles. The first-order chi connectivity index (χ1) is 7.31. The van der Waals surface area contributed by atoms with Crippen LogP contribution in [0.4, 0.5) is 0 Å². The van der Waals surface area contributed by atoms with Crippen LogP contribution in [0.25, 0.3) is 11.1 Å². The fourth-order valence-corrected chi connectivity index (χ4v) is 1.53. The maximum atomic E-state index is 8.78. The summed E-state index contributed by atoms with van der Waals surface area (Å²) < 4.78 is 0.625. The van der Waals surface area contributed by atoms with Crippen molar-refractivity contribution in [2.24, 2.45) is 0 Å². The second kappa shape index (κ2) is 4.03. The Morgan fingerprint density at radius 3 is 3.00 bits per heavy atom. The zero-order valence-corrected chi connectivity index (χ0v) is 8.58.